The van der Waals surface area contributed by atoms with Crippen LogP contribution in [0, 0.1) is 6.92 Å². The number of benzene rings is 1. The van der Waals surface area contributed by atoms with Crippen molar-refractivity contribution in [2.45, 2.75) is 26.3 Å². The van der Waals surface area contributed by atoms with E-state index in [9.17, 15) is 4.79 Å². The van der Waals surface area contributed by atoms with Gasteiger partial charge in [0, 0.05) is 25.0 Å². The molecule has 7 heteroatoms. The third-order valence-electron chi connectivity index (χ3n) is 4.01. The summed E-state index contributed by atoms with van der Waals surface area (Å²) in [5, 5.41) is 12.4. The summed E-state index contributed by atoms with van der Waals surface area (Å²) in [6, 6.07) is 7.66. The predicted molar refractivity (Wildman–Crippen MR) is 94.0 cm³/mol. The molecular formula is C17H20ClN5O. The minimum atomic E-state index is 0.0224. The number of nitrogens with one attached hydrogen (secondary N) is 1. The van der Waals surface area contributed by atoms with Gasteiger partial charge in [0.15, 0.2) is 0 Å². The van der Waals surface area contributed by atoms with Gasteiger partial charge in [0.05, 0.1) is 18.4 Å². The van der Waals surface area contributed by atoms with E-state index in [1.165, 1.54) is 0 Å². The van der Waals surface area contributed by atoms with E-state index in [0.717, 1.165) is 33.7 Å². The molecule has 0 spiro atoms. The van der Waals surface area contributed by atoms with Crippen LogP contribution in [-0.4, -0.2) is 32.0 Å². The highest BCUT2D eigenvalue weighted by Crippen LogP contribution is 2.16. The normalized spacial score (nSPS) is 11.1. The van der Waals surface area contributed by atoms with Crippen molar-refractivity contribution in [3.05, 3.63) is 46.7 Å². The van der Waals surface area contributed by atoms with Crippen molar-refractivity contribution in [2.75, 3.05) is 6.54 Å². The fourth-order valence-corrected chi connectivity index (χ4v) is 2.90. The quantitative estimate of drug-likeness (QED) is 0.746. The molecule has 0 fully saturated rings. The number of amides is 1. The molecule has 0 unspecified atom stereocenters. The van der Waals surface area contributed by atoms with Crippen LogP contribution in [0.4, 0.5) is 0 Å². The predicted octanol–water partition coefficient (Wildman–Crippen LogP) is 2.48. The van der Waals surface area contributed by atoms with Gasteiger partial charge in [-0.25, -0.2) is 0 Å². The van der Waals surface area contributed by atoms with Crippen LogP contribution in [0.1, 0.15) is 17.7 Å². The van der Waals surface area contributed by atoms with E-state index < -0.39 is 0 Å². The third kappa shape index (κ3) is 3.59. The maximum absolute atomic E-state index is 12.0. The third-order valence-corrected chi connectivity index (χ3v) is 4.26. The summed E-state index contributed by atoms with van der Waals surface area (Å²) in [6.07, 6.45) is 2.97. The van der Waals surface area contributed by atoms with Gasteiger partial charge in [-0.2, -0.15) is 10.2 Å². The first kappa shape index (κ1) is 16.5. The summed E-state index contributed by atoms with van der Waals surface area (Å²) in [7, 11) is 1.89. The van der Waals surface area contributed by atoms with E-state index in [4.69, 9.17) is 11.6 Å². The molecule has 0 bridgehead atoms. The lowest BCUT2D eigenvalue weighted by Crippen LogP contribution is -2.26. The van der Waals surface area contributed by atoms with Crippen LogP contribution in [0.3, 0.4) is 0 Å². The average molecular weight is 346 g/mol. The van der Waals surface area contributed by atoms with Crippen molar-refractivity contribution >= 4 is 28.5 Å². The fraction of sp³-hybridized carbons (Fsp3) is 0.353. The molecular weight excluding hydrogens is 326 g/mol. The molecule has 0 radical (unpaired) electrons. The molecule has 0 aliphatic rings. The molecule has 0 aliphatic heterocycles. The molecule has 0 saturated heterocycles. The molecule has 1 aromatic carbocycles. The first-order valence-electron chi connectivity index (χ1n) is 7.91. The summed E-state index contributed by atoms with van der Waals surface area (Å²) in [4.78, 5) is 12.0. The maximum atomic E-state index is 12.0. The van der Waals surface area contributed by atoms with E-state index >= 15 is 0 Å². The zero-order valence-electron chi connectivity index (χ0n) is 13.8. The highest BCUT2D eigenvalue weighted by atomic mass is 35.5. The van der Waals surface area contributed by atoms with Gasteiger partial charge in [0.25, 0.3) is 0 Å². The van der Waals surface area contributed by atoms with Crippen LogP contribution in [0.2, 0.25) is 5.02 Å². The Morgan fingerprint density at radius 1 is 1.29 bits per heavy atom. The van der Waals surface area contributed by atoms with E-state index in [0.29, 0.717) is 19.5 Å². The second-order valence-corrected chi connectivity index (χ2v) is 6.22. The SMILES string of the molecule is Cc1nn(C)c2cnn(CCC(=O)NCCc3ccc(Cl)cc3)c12. The minimum Gasteiger partial charge on any atom is -0.356 e. The number of nitrogens with zero attached hydrogens (tertiary/aromatic N) is 4. The van der Waals surface area contributed by atoms with Crippen LogP contribution in [0.25, 0.3) is 11.0 Å². The molecule has 0 aliphatic carbocycles. The van der Waals surface area contributed by atoms with E-state index in [2.05, 4.69) is 15.5 Å². The van der Waals surface area contributed by atoms with E-state index in [1.54, 1.807) is 10.9 Å². The second-order valence-electron chi connectivity index (χ2n) is 5.79. The lowest BCUT2D eigenvalue weighted by atomic mass is 10.1. The van der Waals surface area contributed by atoms with Crippen molar-refractivity contribution < 1.29 is 4.79 Å². The average Bonchev–Trinajstić information content (AvgIpc) is 3.10. The molecule has 2 heterocycles. The second kappa shape index (κ2) is 7.05. The molecule has 3 aromatic rings. The van der Waals surface area contributed by atoms with Crippen molar-refractivity contribution in [3.8, 4) is 0 Å². The molecule has 1 N–H and O–H groups in total. The number of carbonyl (C=O) groups is 1. The van der Waals surface area contributed by atoms with Gasteiger partial charge in [0.1, 0.15) is 11.0 Å². The number of rotatable bonds is 6. The van der Waals surface area contributed by atoms with Gasteiger partial charge in [-0.1, -0.05) is 23.7 Å². The molecule has 0 atom stereocenters. The molecule has 2 aromatic heterocycles. The Labute approximate surface area is 145 Å². The Balaban J connectivity index is 1.49. The van der Waals surface area contributed by atoms with E-state index in [-0.39, 0.29) is 5.91 Å². The standard InChI is InChI=1S/C17H20ClN5O/c1-12-17-15(22(2)21-12)11-20-23(17)10-8-16(24)19-9-7-13-3-5-14(18)6-4-13/h3-6,11H,7-10H2,1-2H3,(H,19,24). The van der Waals surface area contributed by atoms with Gasteiger partial charge in [-0.15, -0.1) is 0 Å². The minimum absolute atomic E-state index is 0.0224. The number of hydrogen-bond acceptors (Lipinski definition) is 3. The van der Waals surface area contributed by atoms with Crippen LogP contribution < -0.4 is 5.32 Å². The molecule has 0 saturated carbocycles. The molecule has 6 nitrogen and oxygen atoms in total. The summed E-state index contributed by atoms with van der Waals surface area (Å²) < 4.78 is 3.65. The maximum Gasteiger partial charge on any atom is 0.221 e. The monoisotopic (exact) mass is 345 g/mol. The summed E-state index contributed by atoms with van der Waals surface area (Å²) in [5.74, 6) is 0.0224. The largest absolute Gasteiger partial charge is 0.356 e. The Morgan fingerprint density at radius 2 is 2.04 bits per heavy atom. The van der Waals surface area contributed by atoms with Crippen LogP contribution in [0.5, 0.6) is 0 Å². The van der Waals surface area contributed by atoms with Crippen molar-refractivity contribution in [1.29, 1.82) is 0 Å². The molecule has 1 amide bonds. The number of aromatic nitrogens is 4. The fourth-order valence-electron chi connectivity index (χ4n) is 2.77. The molecule has 126 valence electrons. The Hall–Kier alpha value is -2.34. The first-order chi connectivity index (χ1) is 11.5. The van der Waals surface area contributed by atoms with Gasteiger partial charge in [-0.3, -0.25) is 14.2 Å². The zero-order valence-corrected chi connectivity index (χ0v) is 14.5. The number of halogens is 1. The van der Waals surface area contributed by atoms with Gasteiger partial charge < -0.3 is 5.32 Å². The van der Waals surface area contributed by atoms with E-state index in [1.807, 2.05) is 42.9 Å². The first-order valence-corrected chi connectivity index (χ1v) is 8.28. The number of aryl methyl sites for hydroxylation is 3. The van der Waals surface area contributed by atoms with Crippen molar-refractivity contribution in [1.82, 2.24) is 24.9 Å². The van der Waals surface area contributed by atoms with Gasteiger partial charge >= 0.3 is 0 Å². The van der Waals surface area contributed by atoms with Gasteiger partial charge in [0.2, 0.25) is 5.91 Å². The zero-order chi connectivity index (χ0) is 17.1. The summed E-state index contributed by atoms with van der Waals surface area (Å²) >= 11 is 5.86. The lowest BCUT2D eigenvalue weighted by Gasteiger charge is -2.06. The van der Waals surface area contributed by atoms with Crippen LogP contribution in [0.15, 0.2) is 30.5 Å². The van der Waals surface area contributed by atoms with Crippen LogP contribution in [-0.2, 0) is 24.8 Å². The Bertz CT molecular complexity index is 850. The van der Waals surface area contributed by atoms with Crippen LogP contribution >= 0.6 is 11.6 Å². The summed E-state index contributed by atoms with van der Waals surface area (Å²) in [5.41, 5.74) is 4.05. The highest BCUT2D eigenvalue weighted by Gasteiger charge is 2.12. The van der Waals surface area contributed by atoms with Crippen molar-refractivity contribution in [2.24, 2.45) is 7.05 Å². The smallest absolute Gasteiger partial charge is 0.221 e. The number of carbonyl (C=O) groups excluding carboxylic acids is 1. The number of hydrogen-bond donors (Lipinski definition) is 1. The molecule has 3 rings (SSSR count). The Kier molecular flexibility index (Phi) is 4.85. The van der Waals surface area contributed by atoms with Crippen molar-refractivity contribution in [3.63, 3.8) is 0 Å². The van der Waals surface area contributed by atoms with Gasteiger partial charge in [-0.05, 0) is 31.0 Å². The topological polar surface area (TPSA) is 64.7 Å². The number of fused-ring (bicyclic) bond motifs is 1. The lowest BCUT2D eigenvalue weighted by molar-refractivity contribution is -0.121. The highest BCUT2D eigenvalue weighted by molar-refractivity contribution is 6.30. The Morgan fingerprint density at radius 3 is 2.79 bits per heavy atom. The molecule has 24 heavy (non-hydrogen) atoms. The summed E-state index contributed by atoms with van der Waals surface area (Å²) in [6.45, 7) is 3.11.